The van der Waals surface area contributed by atoms with Gasteiger partial charge in [0, 0.05) is 49.4 Å². The lowest BCUT2D eigenvalue weighted by Crippen LogP contribution is -2.42. The molecule has 13 heteroatoms. The normalized spacial score (nSPS) is 16.4. The molecular formula is C34H33F2N5O6. The van der Waals surface area contributed by atoms with Crippen LogP contribution >= 0.6 is 0 Å². The molecule has 2 aliphatic heterocycles. The Labute approximate surface area is 269 Å². The van der Waals surface area contributed by atoms with Gasteiger partial charge >= 0.3 is 0 Å². The quantitative estimate of drug-likeness (QED) is 0.211. The molecular weight excluding hydrogens is 612 g/mol. The molecule has 1 aromatic heterocycles. The Morgan fingerprint density at radius 1 is 1.02 bits per heavy atom. The molecule has 3 aliphatic rings. The standard InChI is InChI=1S/C34H33F2N5O6/c35-19-22-2-4-23(5-3-22)39-32(43)34(11-12-34)33(44)40-24-6-8-29(26(36)18-24)47-28-10-13-37-27-7-9-30(38-20-25(27)28)46-16-1-14-41-15-17-45-21-31(41)42/h2-6,8-10,13,18,20H,1,7,11-12,14-17,19,21H2,(H,39,43)(H,40,44). The Balaban J connectivity index is 1.04. The lowest BCUT2D eigenvalue weighted by molar-refractivity contribution is -0.142. The first kappa shape index (κ1) is 31.8. The number of ether oxygens (including phenoxy) is 3. The maximum atomic E-state index is 15.2. The van der Waals surface area contributed by atoms with Gasteiger partial charge in [0.25, 0.3) is 0 Å². The van der Waals surface area contributed by atoms with Gasteiger partial charge in [-0.05, 0) is 61.2 Å². The second-order valence-electron chi connectivity index (χ2n) is 11.4. The summed E-state index contributed by atoms with van der Waals surface area (Å²) in [6.07, 6.45) is 6.67. The van der Waals surface area contributed by atoms with E-state index in [4.69, 9.17) is 14.2 Å². The minimum Gasteiger partial charge on any atom is -0.478 e. The van der Waals surface area contributed by atoms with Crippen LogP contribution in [0.25, 0.3) is 0 Å². The van der Waals surface area contributed by atoms with Crippen LogP contribution in [0.2, 0.25) is 0 Å². The molecule has 0 spiro atoms. The molecule has 6 rings (SSSR count). The monoisotopic (exact) mass is 645 g/mol. The first-order valence-corrected chi connectivity index (χ1v) is 15.3. The number of morpholine rings is 1. The van der Waals surface area contributed by atoms with Crippen LogP contribution in [0.5, 0.6) is 11.5 Å². The van der Waals surface area contributed by atoms with Crippen LogP contribution in [0.1, 0.15) is 36.1 Å². The maximum Gasteiger partial charge on any atom is 0.248 e. The van der Waals surface area contributed by atoms with Crippen LogP contribution in [0.4, 0.5) is 20.2 Å². The molecule has 3 aromatic rings. The van der Waals surface area contributed by atoms with Gasteiger partial charge in [0.15, 0.2) is 11.6 Å². The number of rotatable bonds is 12. The average molecular weight is 646 g/mol. The number of nitrogens with zero attached hydrogens (tertiary/aromatic N) is 3. The number of amides is 3. The molecule has 3 amide bonds. The van der Waals surface area contributed by atoms with Crippen molar-refractivity contribution >= 4 is 35.3 Å². The number of hydrogen-bond donors (Lipinski definition) is 2. The summed E-state index contributed by atoms with van der Waals surface area (Å²) in [7, 11) is 0. The molecule has 2 aromatic carbocycles. The predicted octanol–water partition coefficient (Wildman–Crippen LogP) is 4.92. The number of aromatic nitrogens is 1. The molecule has 1 saturated carbocycles. The summed E-state index contributed by atoms with van der Waals surface area (Å²) < 4.78 is 44.9. The lowest BCUT2D eigenvalue weighted by Gasteiger charge is -2.26. The van der Waals surface area contributed by atoms with Crippen molar-refractivity contribution in [3.8, 4) is 11.5 Å². The van der Waals surface area contributed by atoms with Crippen molar-refractivity contribution < 1.29 is 37.4 Å². The zero-order valence-corrected chi connectivity index (χ0v) is 25.5. The molecule has 0 radical (unpaired) electrons. The average Bonchev–Trinajstić information content (AvgIpc) is 3.91. The number of aliphatic imine (C=N–C) groups is 1. The Morgan fingerprint density at radius 3 is 2.51 bits per heavy atom. The van der Waals surface area contributed by atoms with Crippen LogP contribution in [-0.2, 0) is 37.0 Å². The molecule has 2 N–H and O–H groups in total. The Morgan fingerprint density at radius 2 is 1.79 bits per heavy atom. The highest BCUT2D eigenvalue weighted by Crippen LogP contribution is 2.47. The van der Waals surface area contributed by atoms with Crippen molar-refractivity contribution in [2.24, 2.45) is 10.4 Å². The number of alkyl halides is 1. The Bertz CT molecular complexity index is 1720. The van der Waals surface area contributed by atoms with Crippen molar-refractivity contribution in [3.63, 3.8) is 0 Å². The van der Waals surface area contributed by atoms with Crippen LogP contribution in [0, 0.1) is 11.2 Å². The fourth-order valence-electron chi connectivity index (χ4n) is 5.21. The number of nitrogens with one attached hydrogen (secondary N) is 2. The Kier molecular flexibility index (Phi) is 9.52. The highest BCUT2D eigenvalue weighted by Gasteiger charge is 2.56. The zero-order chi connectivity index (χ0) is 32.8. The topological polar surface area (TPSA) is 131 Å². The van der Waals surface area contributed by atoms with Crippen LogP contribution < -0.4 is 15.4 Å². The van der Waals surface area contributed by atoms with E-state index in [0.29, 0.717) is 86.1 Å². The summed E-state index contributed by atoms with van der Waals surface area (Å²) in [5, 5.41) is 5.35. The molecule has 0 unspecified atom stereocenters. The van der Waals surface area contributed by atoms with Gasteiger partial charge in [0.1, 0.15) is 24.4 Å². The van der Waals surface area contributed by atoms with Gasteiger partial charge in [-0.1, -0.05) is 12.1 Å². The first-order chi connectivity index (χ1) is 22.8. The van der Waals surface area contributed by atoms with Crippen LogP contribution in [-0.4, -0.2) is 66.7 Å². The van der Waals surface area contributed by atoms with Crippen molar-refractivity contribution in [1.82, 2.24) is 9.88 Å². The van der Waals surface area contributed by atoms with E-state index in [-0.39, 0.29) is 24.0 Å². The zero-order valence-electron chi connectivity index (χ0n) is 25.5. The number of halogens is 2. The molecule has 0 bridgehead atoms. The van der Waals surface area contributed by atoms with Gasteiger partial charge in [-0.15, -0.1) is 0 Å². The van der Waals surface area contributed by atoms with Crippen molar-refractivity contribution in [2.45, 2.75) is 32.4 Å². The van der Waals surface area contributed by atoms with E-state index in [9.17, 15) is 18.8 Å². The van der Waals surface area contributed by atoms with E-state index in [1.54, 1.807) is 53.7 Å². The van der Waals surface area contributed by atoms with Gasteiger partial charge < -0.3 is 29.7 Å². The van der Waals surface area contributed by atoms with Crippen molar-refractivity contribution in [1.29, 1.82) is 0 Å². The van der Waals surface area contributed by atoms with Gasteiger partial charge in [-0.25, -0.2) is 13.8 Å². The molecule has 1 aliphatic carbocycles. The molecule has 2 fully saturated rings. The number of allylic oxidation sites excluding steroid dienone is 1. The van der Waals surface area contributed by atoms with Crippen molar-refractivity contribution in [3.05, 3.63) is 89.3 Å². The van der Waals surface area contributed by atoms with E-state index >= 15 is 4.39 Å². The molecule has 0 atom stereocenters. The minimum absolute atomic E-state index is 0.0282. The lowest BCUT2D eigenvalue weighted by atomic mass is 10.0. The van der Waals surface area contributed by atoms with Crippen LogP contribution in [0.15, 0.2) is 71.7 Å². The van der Waals surface area contributed by atoms with Crippen molar-refractivity contribution in [2.75, 3.05) is 43.5 Å². The molecule has 47 heavy (non-hydrogen) atoms. The third kappa shape index (κ3) is 7.46. The molecule has 11 nitrogen and oxygen atoms in total. The fourth-order valence-corrected chi connectivity index (χ4v) is 5.21. The largest absolute Gasteiger partial charge is 0.478 e. The van der Waals surface area contributed by atoms with Crippen LogP contribution in [0.3, 0.4) is 0 Å². The van der Waals surface area contributed by atoms with E-state index < -0.39 is 29.7 Å². The SMILES string of the molecule is O=C1COCCN1CCCOC1=CCc2nccc(Oc3ccc(NC(=O)C4(C(=O)Nc5ccc(CF)cc5)CC4)cc3F)c2C=N1. The highest BCUT2D eigenvalue weighted by molar-refractivity contribution is 6.16. The number of benzene rings is 2. The summed E-state index contributed by atoms with van der Waals surface area (Å²) in [5.74, 6) is -1.10. The summed E-state index contributed by atoms with van der Waals surface area (Å²) in [6, 6.07) is 11.9. The van der Waals surface area contributed by atoms with E-state index in [1.165, 1.54) is 12.1 Å². The van der Waals surface area contributed by atoms with E-state index in [1.807, 2.05) is 0 Å². The number of pyridine rings is 1. The third-order valence-electron chi connectivity index (χ3n) is 8.12. The number of anilines is 2. The van der Waals surface area contributed by atoms with Gasteiger partial charge in [0.2, 0.25) is 23.6 Å². The maximum absolute atomic E-state index is 15.2. The first-order valence-electron chi connectivity index (χ1n) is 15.3. The second-order valence-corrected chi connectivity index (χ2v) is 11.4. The number of hydrogen-bond acceptors (Lipinski definition) is 8. The summed E-state index contributed by atoms with van der Waals surface area (Å²) in [6.45, 7) is 1.54. The van der Waals surface area contributed by atoms with Gasteiger partial charge in [-0.2, -0.15) is 0 Å². The third-order valence-corrected chi connectivity index (χ3v) is 8.12. The second kappa shape index (κ2) is 14.1. The van der Waals surface area contributed by atoms with Gasteiger partial charge in [-0.3, -0.25) is 19.4 Å². The smallest absolute Gasteiger partial charge is 0.248 e. The van der Waals surface area contributed by atoms with E-state index in [0.717, 1.165) is 6.07 Å². The molecule has 3 heterocycles. The number of carbonyl (C=O) groups excluding carboxylic acids is 3. The Hall–Kier alpha value is -5.17. The molecule has 244 valence electrons. The van der Waals surface area contributed by atoms with E-state index in [2.05, 4.69) is 20.6 Å². The summed E-state index contributed by atoms with van der Waals surface area (Å²) >= 11 is 0. The number of carbonyl (C=O) groups is 3. The summed E-state index contributed by atoms with van der Waals surface area (Å²) in [5.41, 5.74) is 1.07. The summed E-state index contributed by atoms with van der Waals surface area (Å²) in [4.78, 5) is 48.5. The fraction of sp³-hybridized carbons (Fsp3) is 0.324. The number of fused-ring (bicyclic) bond motifs is 1. The predicted molar refractivity (Wildman–Crippen MR) is 168 cm³/mol. The minimum atomic E-state index is -1.27. The molecule has 1 saturated heterocycles. The highest BCUT2D eigenvalue weighted by atomic mass is 19.1. The van der Waals surface area contributed by atoms with Gasteiger partial charge in [0.05, 0.1) is 24.5 Å².